The van der Waals surface area contributed by atoms with Crippen LogP contribution in [-0.2, 0) is 14.3 Å². The number of rotatable bonds is 7. The Balaban J connectivity index is 1.18. The third kappa shape index (κ3) is 4.28. The summed E-state index contributed by atoms with van der Waals surface area (Å²) >= 11 is 0. The molecule has 1 N–H and O–H groups in total. The van der Waals surface area contributed by atoms with Gasteiger partial charge in [0.05, 0.1) is 13.0 Å². The number of nitrogens with one attached hydrogen (secondary N) is 1. The zero-order valence-electron chi connectivity index (χ0n) is 16.0. The standard InChI is InChI=1S/C22H29NO4/c1-15-4-2-3-5-19(15)26-7-6-21(25)27-14-20(24)23-22-11-16-8-17(12-22)10-18(9-16)13-22/h2-5,16-18H,6-14H2,1H3,(H,23,24). The van der Waals surface area contributed by atoms with E-state index in [9.17, 15) is 9.59 Å². The van der Waals surface area contributed by atoms with Crippen molar-refractivity contribution < 1.29 is 19.1 Å². The van der Waals surface area contributed by atoms with E-state index < -0.39 is 5.97 Å². The van der Waals surface area contributed by atoms with Crippen molar-refractivity contribution in [3.63, 3.8) is 0 Å². The van der Waals surface area contributed by atoms with Gasteiger partial charge in [0.1, 0.15) is 5.75 Å². The van der Waals surface area contributed by atoms with Gasteiger partial charge in [-0.25, -0.2) is 0 Å². The van der Waals surface area contributed by atoms with Crippen LogP contribution < -0.4 is 10.1 Å². The van der Waals surface area contributed by atoms with Gasteiger partial charge < -0.3 is 14.8 Å². The van der Waals surface area contributed by atoms with Crippen molar-refractivity contribution in [3.8, 4) is 5.75 Å². The van der Waals surface area contributed by atoms with E-state index in [2.05, 4.69) is 5.32 Å². The maximum Gasteiger partial charge on any atom is 0.309 e. The Morgan fingerprint density at radius 1 is 1.07 bits per heavy atom. The first-order valence-electron chi connectivity index (χ1n) is 10.2. The molecule has 0 radical (unpaired) electrons. The summed E-state index contributed by atoms with van der Waals surface area (Å²) in [4.78, 5) is 24.3. The first kappa shape index (κ1) is 18.3. The Kier molecular flexibility index (Phi) is 5.11. The van der Waals surface area contributed by atoms with Crippen molar-refractivity contribution in [2.75, 3.05) is 13.2 Å². The van der Waals surface area contributed by atoms with E-state index >= 15 is 0 Å². The highest BCUT2D eigenvalue weighted by Crippen LogP contribution is 2.55. The minimum absolute atomic E-state index is 0.0355. The molecular formula is C22H29NO4. The Morgan fingerprint density at radius 3 is 2.33 bits per heavy atom. The molecule has 5 heteroatoms. The molecule has 0 aliphatic heterocycles. The van der Waals surface area contributed by atoms with E-state index in [-0.39, 0.29) is 31.1 Å². The fraction of sp³-hybridized carbons (Fsp3) is 0.636. The summed E-state index contributed by atoms with van der Waals surface area (Å²) < 4.78 is 10.8. The molecule has 4 bridgehead atoms. The van der Waals surface area contributed by atoms with Crippen molar-refractivity contribution in [1.82, 2.24) is 5.32 Å². The lowest BCUT2D eigenvalue weighted by atomic mass is 9.53. The molecule has 1 aromatic rings. The molecule has 27 heavy (non-hydrogen) atoms. The van der Waals surface area contributed by atoms with Crippen molar-refractivity contribution in [1.29, 1.82) is 0 Å². The Morgan fingerprint density at radius 2 is 1.70 bits per heavy atom. The fourth-order valence-corrected chi connectivity index (χ4v) is 5.78. The van der Waals surface area contributed by atoms with Gasteiger partial charge in [-0.1, -0.05) is 18.2 Å². The number of carbonyl (C=O) groups is 2. The third-order valence-electron chi connectivity index (χ3n) is 6.46. The number of esters is 1. The van der Waals surface area contributed by atoms with Crippen LogP contribution in [0.2, 0.25) is 0 Å². The van der Waals surface area contributed by atoms with Crippen LogP contribution in [0.4, 0.5) is 0 Å². The highest BCUT2D eigenvalue weighted by molar-refractivity contribution is 5.81. The highest BCUT2D eigenvalue weighted by atomic mass is 16.5. The number of ether oxygens (including phenoxy) is 2. The maximum absolute atomic E-state index is 12.4. The molecule has 5 nitrogen and oxygen atoms in total. The van der Waals surface area contributed by atoms with E-state index in [1.165, 1.54) is 19.3 Å². The van der Waals surface area contributed by atoms with Gasteiger partial charge in [0, 0.05) is 5.54 Å². The Bertz CT molecular complexity index is 679. The molecule has 0 spiro atoms. The Labute approximate surface area is 160 Å². The van der Waals surface area contributed by atoms with Gasteiger partial charge in [-0.2, -0.15) is 0 Å². The van der Waals surface area contributed by atoms with Crippen LogP contribution in [0.1, 0.15) is 50.5 Å². The number of para-hydroxylation sites is 1. The lowest BCUT2D eigenvalue weighted by molar-refractivity contribution is -0.150. The lowest BCUT2D eigenvalue weighted by Crippen LogP contribution is -2.60. The molecule has 4 saturated carbocycles. The van der Waals surface area contributed by atoms with Crippen molar-refractivity contribution in [2.45, 2.75) is 57.4 Å². The molecule has 146 valence electrons. The summed E-state index contributed by atoms with van der Waals surface area (Å²) in [7, 11) is 0. The molecule has 4 aliphatic rings. The quantitative estimate of drug-likeness (QED) is 0.746. The van der Waals surface area contributed by atoms with Crippen LogP contribution >= 0.6 is 0 Å². The van der Waals surface area contributed by atoms with Crippen LogP contribution in [0, 0.1) is 24.7 Å². The van der Waals surface area contributed by atoms with Gasteiger partial charge in [-0.15, -0.1) is 0 Å². The van der Waals surface area contributed by atoms with E-state index in [1.54, 1.807) is 0 Å². The van der Waals surface area contributed by atoms with Crippen LogP contribution in [0.25, 0.3) is 0 Å². The number of hydrogen-bond acceptors (Lipinski definition) is 4. The second-order valence-electron chi connectivity index (χ2n) is 8.77. The molecule has 1 amide bonds. The average molecular weight is 371 g/mol. The summed E-state index contributed by atoms with van der Waals surface area (Å²) in [5.41, 5.74) is 0.993. The first-order chi connectivity index (χ1) is 13.0. The number of benzene rings is 1. The zero-order valence-corrected chi connectivity index (χ0v) is 16.0. The summed E-state index contributed by atoms with van der Waals surface area (Å²) in [6.07, 6.45) is 7.45. The van der Waals surface area contributed by atoms with E-state index in [0.717, 1.165) is 48.3 Å². The van der Waals surface area contributed by atoms with Crippen LogP contribution in [0.3, 0.4) is 0 Å². The number of amides is 1. The molecule has 4 fully saturated rings. The number of hydrogen-bond donors (Lipinski definition) is 1. The largest absolute Gasteiger partial charge is 0.493 e. The van der Waals surface area contributed by atoms with Gasteiger partial charge in [-0.3, -0.25) is 9.59 Å². The molecule has 0 atom stereocenters. The number of carbonyl (C=O) groups excluding carboxylic acids is 2. The highest BCUT2D eigenvalue weighted by Gasteiger charge is 2.51. The van der Waals surface area contributed by atoms with Gasteiger partial charge in [0.25, 0.3) is 5.91 Å². The lowest BCUT2D eigenvalue weighted by Gasteiger charge is -2.56. The third-order valence-corrected chi connectivity index (χ3v) is 6.46. The minimum Gasteiger partial charge on any atom is -0.493 e. The first-order valence-corrected chi connectivity index (χ1v) is 10.2. The smallest absolute Gasteiger partial charge is 0.309 e. The summed E-state index contributed by atoms with van der Waals surface area (Å²) in [5, 5.41) is 3.22. The molecule has 0 heterocycles. The van der Waals surface area contributed by atoms with E-state index in [4.69, 9.17) is 9.47 Å². The molecule has 0 aromatic heterocycles. The molecular weight excluding hydrogens is 342 g/mol. The summed E-state index contributed by atoms with van der Waals surface area (Å²) in [6, 6.07) is 7.68. The fourth-order valence-electron chi connectivity index (χ4n) is 5.78. The molecule has 0 saturated heterocycles. The predicted octanol–water partition coefficient (Wildman–Crippen LogP) is 3.39. The molecule has 5 rings (SSSR count). The van der Waals surface area contributed by atoms with Crippen molar-refractivity contribution in [2.24, 2.45) is 17.8 Å². The SMILES string of the molecule is Cc1ccccc1OCCC(=O)OCC(=O)NC12CC3CC(CC(C3)C1)C2. The van der Waals surface area contributed by atoms with Gasteiger partial charge >= 0.3 is 5.97 Å². The molecule has 0 unspecified atom stereocenters. The monoisotopic (exact) mass is 371 g/mol. The second kappa shape index (κ2) is 7.53. The van der Waals surface area contributed by atoms with Gasteiger partial charge in [-0.05, 0) is 74.8 Å². The number of aryl methyl sites for hydroxylation is 1. The summed E-state index contributed by atoms with van der Waals surface area (Å²) in [5.74, 6) is 2.53. The predicted molar refractivity (Wildman–Crippen MR) is 101 cm³/mol. The zero-order chi connectivity index (χ0) is 18.9. The normalized spacial score (nSPS) is 30.8. The van der Waals surface area contributed by atoms with Gasteiger partial charge in [0.15, 0.2) is 6.61 Å². The molecule has 1 aromatic carbocycles. The van der Waals surface area contributed by atoms with Crippen molar-refractivity contribution >= 4 is 11.9 Å². The van der Waals surface area contributed by atoms with Gasteiger partial charge in [0.2, 0.25) is 0 Å². The van der Waals surface area contributed by atoms with E-state index in [1.807, 2.05) is 31.2 Å². The minimum atomic E-state index is -0.399. The van der Waals surface area contributed by atoms with E-state index in [0.29, 0.717) is 0 Å². The maximum atomic E-state index is 12.4. The second-order valence-corrected chi connectivity index (χ2v) is 8.77. The Hall–Kier alpha value is -2.04. The molecule has 4 aliphatic carbocycles. The van der Waals surface area contributed by atoms with Crippen LogP contribution in [-0.4, -0.2) is 30.6 Å². The summed E-state index contributed by atoms with van der Waals surface area (Å²) in [6.45, 7) is 2.02. The average Bonchev–Trinajstić information content (AvgIpc) is 2.60. The topological polar surface area (TPSA) is 64.6 Å². The van der Waals surface area contributed by atoms with Crippen LogP contribution in [0.15, 0.2) is 24.3 Å². The van der Waals surface area contributed by atoms with Crippen molar-refractivity contribution in [3.05, 3.63) is 29.8 Å². The van der Waals surface area contributed by atoms with Crippen LogP contribution in [0.5, 0.6) is 5.75 Å².